The largest absolute Gasteiger partial charge is 0.310 e. The molecule has 0 aliphatic carbocycles. The number of anilines is 1. The lowest BCUT2D eigenvalue weighted by Gasteiger charge is -2.39. The maximum absolute atomic E-state index is 12.6. The average molecular weight is 338 g/mol. The summed E-state index contributed by atoms with van der Waals surface area (Å²) < 4.78 is 26.1. The van der Waals surface area contributed by atoms with Crippen molar-refractivity contribution in [1.82, 2.24) is 4.31 Å². The number of hydrogen-bond donors (Lipinski definition) is 0. The molecule has 1 aromatic rings. The summed E-state index contributed by atoms with van der Waals surface area (Å²) in [5.41, 5.74) is 2.04. The first-order valence-electron chi connectivity index (χ1n) is 8.08. The molecule has 1 unspecified atom stereocenters. The van der Waals surface area contributed by atoms with Gasteiger partial charge in [0.25, 0.3) is 0 Å². The molecule has 1 aliphatic heterocycles. The van der Waals surface area contributed by atoms with Gasteiger partial charge in [-0.3, -0.25) is 4.79 Å². The number of nitrogens with zero attached hydrogens (tertiary/aromatic N) is 2. The number of carbonyl (C=O) groups is 1. The van der Waals surface area contributed by atoms with Gasteiger partial charge in [-0.2, -0.15) is 4.31 Å². The zero-order valence-electron chi connectivity index (χ0n) is 14.5. The van der Waals surface area contributed by atoms with Gasteiger partial charge >= 0.3 is 0 Å². The molecule has 0 N–H and O–H groups in total. The smallest absolute Gasteiger partial charge is 0.245 e. The second-order valence-corrected chi connectivity index (χ2v) is 9.06. The minimum Gasteiger partial charge on any atom is -0.310 e. The first kappa shape index (κ1) is 17.9. The third-order valence-corrected chi connectivity index (χ3v) is 6.74. The Morgan fingerprint density at radius 1 is 1.04 bits per heavy atom. The van der Waals surface area contributed by atoms with Crippen molar-refractivity contribution in [2.24, 2.45) is 0 Å². The van der Waals surface area contributed by atoms with Gasteiger partial charge in [0.2, 0.25) is 15.9 Å². The van der Waals surface area contributed by atoms with Crippen molar-refractivity contribution in [2.45, 2.75) is 51.8 Å². The molecule has 2 rings (SSSR count). The average Bonchev–Trinajstić information content (AvgIpc) is 2.49. The van der Waals surface area contributed by atoms with Gasteiger partial charge in [-0.25, -0.2) is 8.42 Å². The van der Waals surface area contributed by atoms with Crippen LogP contribution in [0.2, 0.25) is 0 Å². The summed E-state index contributed by atoms with van der Waals surface area (Å²) in [5.74, 6) is 0.268. The quantitative estimate of drug-likeness (QED) is 0.848. The molecule has 1 heterocycles. The lowest BCUT2D eigenvalue weighted by molar-refractivity contribution is -0.123. The fraction of sp³-hybridized carbons (Fsp3) is 0.588. The highest BCUT2D eigenvalue weighted by Crippen LogP contribution is 2.25. The first-order chi connectivity index (χ1) is 10.7. The summed E-state index contributed by atoms with van der Waals surface area (Å²) in [5, 5.41) is -0.519. The number of sulfonamides is 1. The maximum Gasteiger partial charge on any atom is 0.245 e. The molecule has 0 saturated carbocycles. The number of amides is 1. The highest BCUT2D eigenvalue weighted by Gasteiger charge is 2.39. The lowest BCUT2D eigenvalue weighted by Crippen LogP contribution is -2.58. The highest BCUT2D eigenvalue weighted by molar-refractivity contribution is 7.89. The summed E-state index contributed by atoms with van der Waals surface area (Å²) in [6.07, 6.45) is 0. The summed E-state index contributed by atoms with van der Waals surface area (Å²) in [7, 11) is -3.42. The SMILES string of the molecule is CC(C)c1ccc(N2CCN(S(=O)(=O)C(C)C)C(C)C2=O)cc1. The molecule has 1 atom stereocenters. The molecule has 1 fully saturated rings. The molecule has 1 aromatic carbocycles. The molecule has 0 spiro atoms. The van der Waals surface area contributed by atoms with Crippen molar-refractivity contribution >= 4 is 21.6 Å². The van der Waals surface area contributed by atoms with E-state index in [2.05, 4.69) is 13.8 Å². The molecule has 0 radical (unpaired) electrons. The zero-order chi connectivity index (χ0) is 17.4. The second kappa shape index (κ2) is 6.61. The van der Waals surface area contributed by atoms with E-state index in [1.54, 1.807) is 25.7 Å². The van der Waals surface area contributed by atoms with E-state index in [-0.39, 0.29) is 5.91 Å². The summed E-state index contributed by atoms with van der Waals surface area (Å²) >= 11 is 0. The molecule has 0 bridgehead atoms. The van der Waals surface area contributed by atoms with Crippen LogP contribution in [0.15, 0.2) is 24.3 Å². The zero-order valence-corrected chi connectivity index (χ0v) is 15.3. The fourth-order valence-electron chi connectivity index (χ4n) is 2.77. The Morgan fingerprint density at radius 3 is 2.09 bits per heavy atom. The molecule has 0 aromatic heterocycles. The first-order valence-corrected chi connectivity index (χ1v) is 9.58. The van der Waals surface area contributed by atoms with Gasteiger partial charge < -0.3 is 4.90 Å². The van der Waals surface area contributed by atoms with Crippen LogP contribution in [0.5, 0.6) is 0 Å². The maximum atomic E-state index is 12.6. The van der Waals surface area contributed by atoms with Crippen molar-refractivity contribution in [2.75, 3.05) is 18.0 Å². The van der Waals surface area contributed by atoms with Crippen LogP contribution >= 0.6 is 0 Å². The second-order valence-electron chi connectivity index (χ2n) is 6.62. The Bertz CT molecular complexity index is 666. The lowest BCUT2D eigenvalue weighted by atomic mass is 10.0. The van der Waals surface area contributed by atoms with Gasteiger partial charge in [0.05, 0.1) is 5.25 Å². The van der Waals surface area contributed by atoms with Gasteiger partial charge in [-0.1, -0.05) is 26.0 Å². The molecular formula is C17H26N2O3S. The molecule has 23 heavy (non-hydrogen) atoms. The Kier molecular flexibility index (Phi) is 5.16. The minimum atomic E-state index is -3.42. The van der Waals surface area contributed by atoms with Gasteiger partial charge in [-0.05, 0) is 44.4 Å². The molecule has 128 valence electrons. The number of hydrogen-bond acceptors (Lipinski definition) is 3. The molecule has 1 saturated heterocycles. The Morgan fingerprint density at radius 2 is 1.61 bits per heavy atom. The van der Waals surface area contributed by atoms with Gasteiger partial charge in [-0.15, -0.1) is 0 Å². The Balaban J connectivity index is 2.22. The van der Waals surface area contributed by atoms with E-state index >= 15 is 0 Å². The van der Waals surface area contributed by atoms with Gasteiger partial charge in [0.15, 0.2) is 0 Å². The van der Waals surface area contributed by atoms with Crippen molar-refractivity contribution < 1.29 is 13.2 Å². The molecular weight excluding hydrogens is 312 g/mol. The number of rotatable bonds is 4. The van der Waals surface area contributed by atoms with Crippen LogP contribution in [-0.2, 0) is 14.8 Å². The van der Waals surface area contributed by atoms with E-state index in [4.69, 9.17) is 0 Å². The van der Waals surface area contributed by atoms with Crippen LogP contribution in [0, 0.1) is 0 Å². The van der Waals surface area contributed by atoms with Crippen molar-refractivity contribution in [3.8, 4) is 0 Å². The molecule has 1 amide bonds. The topological polar surface area (TPSA) is 57.7 Å². The fourth-order valence-corrected chi connectivity index (χ4v) is 4.17. The Hall–Kier alpha value is -1.40. The normalized spacial score (nSPS) is 20.6. The third kappa shape index (κ3) is 3.43. The van der Waals surface area contributed by atoms with Crippen LogP contribution < -0.4 is 4.90 Å². The van der Waals surface area contributed by atoms with Crippen LogP contribution in [0.3, 0.4) is 0 Å². The van der Waals surface area contributed by atoms with E-state index in [0.717, 1.165) is 5.69 Å². The van der Waals surface area contributed by atoms with E-state index < -0.39 is 21.3 Å². The van der Waals surface area contributed by atoms with Crippen LogP contribution in [-0.4, -0.2) is 43.0 Å². The van der Waals surface area contributed by atoms with E-state index in [0.29, 0.717) is 19.0 Å². The summed E-state index contributed by atoms with van der Waals surface area (Å²) in [6.45, 7) is 9.91. The summed E-state index contributed by atoms with van der Waals surface area (Å²) in [6, 6.07) is 7.25. The predicted molar refractivity (Wildman–Crippen MR) is 93.1 cm³/mol. The van der Waals surface area contributed by atoms with Crippen molar-refractivity contribution in [1.29, 1.82) is 0 Å². The Labute approximate surface area is 139 Å². The molecule has 5 nitrogen and oxygen atoms in total. The number of benzene rings is 1. The van der Waals surface area contributed by atoms with Crippen molar-refractivity contribution in [3.05, 3.63) is 29.8 Å². The molecule has 6 heteroatoms. The highest BCUT2D eigenvalue weighted by atomic mass is 32.2. The third-order valence-electron chi connectivity index (χ3n) is 4.39. The monoisotopic (exact) mass is 338 g/mol. The van der Waals surface area contributed by atoms with Crippen LogP contribution in [0.1, 0.15) is 46.1 Å². The minimum absolute atomic E-state index is 0.169. The molecule has 1 aliphatic rings. The predicted octanol–water partition coefficient (Wildman–Crippen LogP) is 2.59. The van der Waals surface area contributed by atoms with Crippen molar-refractivity contribution in [3.63, 3.8) is 0 Å². The van der Waals surface area contributed by atoms with E-state index in [9.17, 15) is 13.2 Å². The van der Waals surface area contributed by atoms with Gasteiger partial charge in [0, 0.05) is 18.8 Å². The standard InChI is InChI=1S/C17H26N2O3S/c1-12(2)15-6-8-16(9-7-15)18-10-11-19(14(5)17(18)20)23(21,22)13(3)4/h6-9,12-14H,10-11H2,1-5H3. The van der Waals surface area contributed by atoms with Crippen LogP contribution in [0.25, 0.3) is 0 Å². The van der Waals surface area contributed by atoms with E-state index in [1.165, 1.54) is 9.87 Å². The number of carbonyl (C=O) groups excluding carboxylic acids is 1. The summed E-state index contributed by atoms with van der Waals surface area (Å²) in [4.78, 5) is 14.3. The van der Waals surface area contributed by atoms with Gasteiger partial charge in [0.1, 0.15) is 6.04 Å². The van der Waals surface area contributed by atoms with E-state index in [1.807, 2.05) is 24.3 Å². The van der Waals surface area contributed by atoms with Crippen LogP contribution in [0.4, 0.5) is 5.69 Å². The number of piperazine rings is 1.